The van der Waals surface area contributed by atoms with Gasteiger partial charge in [0.2, 0.25) is 0 Å². The highest BCUT2D eigenvalue weighted by Gasteiger charge is 2.49. The van der Waals surface area contributed by atoms with Crippen LogP contribution < -0.4 is 5.32 Å². The Labute approximate surface area is 116 Å². The van der Waals surface area contributed by atoms with Crippen LogP contribution in [-0.2, 0) is 11.2 Å². The molecule has 1 aromatic rings. The van der Waals surface area contributed by atoms with E-state index in [-0.39, 0.29) is 17.2 Å². The van der Waals surface area contributed by atoms with E-state index < -0.39 is 0 Å². The van der Waals surface area contributed by atoms with Crippen molar-refractivity contribution in [3.63, 3.8) is 0 Å². The van der Waals surface area contributed by atoms with Crippen LogP contribution in [0.3, 0.4) is 0 Å². The van der Waals surface area contributed by atoms with Crippen LogP contribution in [0.25, 0.3) is 0 Å². The molecule has 0 spiro atoms. The van der Waals surface area contributed by atoms with E-state index in [9.17, 15) is 0 Å². The van der Waals surface area contributed by atoms with E-state index >= 15 is 0 Å². The first-order valence-corrected chi connectivity index (χ1v) is 7.24. The molecule has 0 amide bonds. The molecule has 1 aromatic heterocycles. The molecule has 3 nitrogen and oxygen atoms in total. The first-order valence-electron chi connectivity index (χ1n) is 7.24. The van der Waals surface area contributed by atoms with Gasteiger partial charge in [-0.25, -0.2) is 0 Å². The van der Waals surface area contributed by atoms with Crippen LogP contribution >= 0.6 is 0 Å². The largest absolute Gasteiger partial charge is 0.469 e. The van der Waals surface area contributed by atoms with Crippen molar-refractivity contribution in [1.82, 2.24) is 5.32 Å². The van der Waals surface area contributed by atoms with E-state index in [0.717, 1.165) is 18.6 Å². The van der Waals surface area contributed by atoms with Gasteiger partial charge in [0.25, 0.3) is 0 Å². The third-order valence-corrected chi connectivity index (χ3v) is 4.29. The fourth-order valence-corrected chi connectivity index (χ4v) is 3.61. The van der Waals surface area contributed by atoms with Gasteiger partial charge in [-0.2, -0.15) is 0 Å². The zero-order chi connectivity index (χ0) is 14.3. The molecule has 3 heteroatoms. The summed E-state index contributed by atoms with van der Waals surface area (Å²) in [6.45, 7) is 10.9. The Hall–Kier alpha value is -0.800. The summed E-state index contributed by atoms with van der Waals surface area (Å²) in [6.07, 6.45) is 3.78. The van der Waals surface area contributed by atoms with Gasteiger partial charge in [0.15, 0.2) is 0 Å². The van der Waals surface area contributed by atoms with Crippen LogP contribution in [0.15, 0.2) is 16.7 Å². The summed E-state index contributed by atoms with van der Waals surface area (Å²) in [6, 6.07) is 2.38. The maximum atomic E-state index is 6.23. The fraction of sp³-hybridized carbons (Fsp3) is 0.750. The molecular weight excluding hydrogens is 238 g/mol. The summed E-state index contributed by atoms with van der Waals surface area (Å²) < 4.78 is 11.8. The Kier molecular flexibility index (Phi) is 3.80. The molecule has 2 rings (SSSR count). The van der Waals surface area contributed by atoms with Crippen LogP contribution in [0, 0.1) is 5.92 Å². The van der Waals surface area contributed by atoms with E-state index in [2.05, 4.69) is 46.0 Å². The lowest BCUT2D eigenvalue weighted by molar-refractivity contribution is -0.0777. The van der Waals surface area contributed by atoms with Crippen molar-refractivity contribution < 1.29 is 9.15 Å². The van der Waals surface area contributed by atoms with Gasteiger partial charge < -0.3 is 14.5 Å². The minimum Gasteiger partial charge on any atom is -0.469 e. The predicted molar refractivity (Wildman–Crippen MR) is 77.2 cm³/mol. The van der Waals surface area contributed by atoms with Gasteiger partial charge in [-0.1, -0.05) is 6.92 Å². The SMILES string of the molecule is CCc1occc1C(NC)C1CC(C)(C)OC1(C)C. The molecule has 2 unspecified atom stereocenters. The zero-order valence-electron chi connectivity index (χ0n) is 13.0. The molecular formula is C16H27NO2. The third-order valence-electron chi connectivity index (χ3n) is 4.29. The maximum Gasteiger partial charge on any atom is 0.108 e. The first kappa shape index (κ1) is 14.6. The van der Waals surface area contributed by atoms with Gasteiger partial charge in [-0.3, -0.25) is 0 Å². The quantitative estimate of drug-likeness (QED) is 0.901. The first-order chi connectivity index (χ1) is 8.80. The van der Waals surface area contributed by atoms with E-state index in [4.69, 9.17) is 9.15 Å². The number of aryl methyl sites for hydroxylation is 1. The molecule has 1 saturated heterocycles. The van der Waals surface area contributed by atoms with Crippen molar-refractivity contribution in [1.29, 1.82) is 0 Å². The normalized spacial score (nSPS) is 26.5. The Bertz CT molecular complexity index is 434. The van der Waals surface area contributed by atoms with Crippen LogP contribution in [0.2, 0.25) is 0 Å². The highest BCUT2D eigenvalue weighted by atomic mass is 16.5. The number of furan rings is 1. The minimum absolute atomic E-state index is 0.0562. The molecule has 1 fully saturated rings. The van der Waals surface area contributed by atoms with Crippen molar-refractivity contribution in [3.8, 4) is 0 Å². The highest BCUT2D eigenvalue weighted by molar-refractivity contribution is 5.24. The van der Waals surface area contributed by atoms with E-state index in [1.54, 1.807) is 6.26 Å². The van der Waals surface area contributed by atoms with Crippen LogP contribution in [0.4, 0.5) is 0 Å². The Morgan fingerprint density at radius 2 is 2.05 bits per heavy atom. The van der Waals surface area contributed by atoms with Gasteiger partial charge in [0.1, 0.15) is 5.76 Å². The number of nitrogens with one attached hydrogen (secondary N) is 1. The lowest BCUT2D eigenvalue weighted by atomic mass is 9.79. The minimum atomic E-state index is -0.126. The van der Waals surface area contributed by atoms with Crippen LogP contribution in [0.1, 0.15) is 58.4 Å². The second kappa shape index (κ2) is 4.95. The van der Waals surface area contributed by atoms with Gasteiger partial charge in [0, 0.05) is 23.9 Å². The monoisotopic (exact) mass is 265 g/mol. The van der Waals surface area contributed by atoms with Crippen LogP contribution in [0.5, 0.6) is 0 Å². The topological polar surface area (TPSA) is 34.4 Å². The van der Waals surface area contributed by atoms with Gasteiger partial charge in [0.05, 0.1) is 17.5 Å². The van der Waals surface area contributed by atoms with Gasteiger partial charge >= 0.3 is 0 Å². The summed E-state index contributed by atoms with van der Waals surface area (Å²) in [4.78, 5) is 0. The molecule has 0 aliphatic carbocycles. The molecule has 2 heterocycles. The Morgan fingerprint density at radius 1 is 1.37 bits per heavy atom. The van der Waals surface area contributed by atoms with Crippen LogP contribution in [-0.4, -0.2) is 18.2 Å². The van der Waals surface area contributed by atoms with E-state index in [0.29, 0.717) is 5.92 Å². The summed E-state index contributed by atoms with van der Waals surface area (Å²) in [5.41, 5.74) is 1.10. The van der Waals surface area contributed by atoms with Gasteiger partial charge in [-0.15, -0.1) is 0 Å². The summed E-state index contributed by atoms with van der Waals surface area (Å²) >= 11 is 0. The number of hydrogen-bond donors (Lipinski definition) is 1. The summed E-state index contributed by atoms with van der Waals surface area (Å²) in [5, 5.41) is 3.47. The van der Waals surface area contributed by atoms with Gasteiger partial charge in [-0.05, 0) is 47.2 Å². The summed E-state index contributed by atoms with van der Waals surface area (Å²) in [7, 11) is 2.03. The van der Waals surface area contributed by atoms with Crippen molar-refractivity contribution >= 4 is 0 Å². The molecule has 0 bridgehead atoms. The van der Waals surface area contributed by atoms with Crippen molar-refractivity contribution in [2.24, 2.45) is 5.92 Å². The number of ether oxygens (including phenoxy) is 1. The second-order valence-electron chi connectivity index (χ2n) is 6.69. The Morgan fingerprint density at radius 3 is 2.53 bits per heavy atom. The number of hydrogen-bond acceptors (Lipinski definition) is 3. The number of rotatable bonds is 4. The lowest BCUT2D eigenvalue weighted by Crippen LogP contribution is -2.37. The standard InChI is InChI=1S/C16H27NO2/c1-7-13-11(8-9-18-13)14(17-6)12-10-15(2,3)19-16(12,4)5/h8-9,12,14,17H,7,10H2,1-6H3. The predicted octanol–water partition coefficient (Wildman–Crippen LogP) is 3.70. The molecule has 0 radical (unpaired) electrons. The van der Waals surface area contributed by atoms with Crippen molar-refractivity contribution in [2.45, 2.75) is 64.7 Å². The molecule has 1 aliphatic heterocycles. The van der Waals surface area contributed by atoms with E-state index in [1.807, 2.05) is 7.05 Å². The van der Waals surface area contributed by atoms with E-state index in [1.165, 1.54) is 5.56 Å². The molecule has 108 valence electrons. The Balaban J connectivity index is 2.33. The molecule has 0 aromatic carbocycles. The molecule has 2 atom stereocenters. The fourth-order valence-electron chi connectivity index (χ4n) is 3.61. The molecule has 0 saturated carbocycles. The van der Waals surface area contributed by atoms with Crippen molar-refractivity contribution in [3.05, 3.63) is 23.7 Å². The second-order valence-corrected chi connectivity index (χ2v) is 6.69. The smallest absolute Gasteiger partial charge is 0.108 e. The lowest BCUT2D eigenvalue weighted by Gasteiger charge is -2.33. The molecule has 19 heavy (non-hydrogen) atoms. The maximum absolute atomic E-state index is 6.23. The molecule has 1 N–H and O–H groups in total. The summed E-state index contributed by atoms with van der Waals surface area (Å²) in [5.74, 6) is 1.52. The average molecular weight is 265 g/mol. The highest BCUT2D eigenvalue weighted by Crippen LogP contribution is 2.48. The average Bonchev–Trinajstić information content (AvgIpc) is 2.82. The van der Waals surface area contributed by atoms with Crippen molar-refractivity contribution in [2.75, 3.05) is 7.05 Å². The molecule has 1 aliphatic rings. The zero-order valence-corrected chi connectivity index (χ0v) is 13.0. The third kappa shape index (κ3) is 2.72.